The van der Waals surface area contributed by atoms with E-state index < -0.39 is 18.0 Å². The third-order valence-corrected chi connectivity index (χ3v) is 2.82. The summed E-state index contributed by atoms with van der Waals surface area (Å²) in [5.74, 6) is -0.391. The van der Waals surface area contributed by atoms with E-state index in [0.29, 0.717) is 11.4 Å². The first-order chi connectivity index (χ1) is 8.31. The Kier molecular flexibility index (Phi) is 6.64. The standard InChI is InChI=1S/C11H15BrN4O2.ClH/c1-5-3-7(12)4-8(9(5)13)16-10(17)6(2)15-11(14)18;/h3-4,6H,13H2,1-2H3,(H,16,17)(H3,14,15,18);1H. The van der Waals surface area contributed by atoms with Crippen LogP contribution < -0.4 is 22.1 Å². The van der Waals surface area contributed by atoms with Gasteiger partial charge >= 0.3 is 6.03 Å². The highest BCUT2D eigenvalue weighted by Gasteiger charge is 2.15. The molecule has 8 heteroatoms. The number of rotatable bonds is 3. The molecule has 0 spiro atoms. The molecule has 1 aromatic rings. The first-order valence-corrected chi connectivity index (χ1v) is 6.03. The number of halogens is 2. The smallest absolute Gasteiger partial charge is 0.312 e. The van der Waals surface area contributed by atoms with Crippen LogP contribution in [0.2, 0.25) is 0 Å². The average molecular weight is 352 g/mol. The molecule has 0 bridgehead atoms. The number of hydrogen-bond donors (Lipinski definition) is 4. The van der Waals surface area contributed by atoms with Gasteiger partial charge in [-0.05, 0) is 31.5 Å². The van der Waals surface area contributed by atoms with Crippen LogP contribution in [0.4, 0.5) is 16.2 Å². The number of amides is 3. The summed E-state index contributed by atoms with van der Waals surface area (Å²) in [6, 6.07) is 2.05. The molecule has 0 saturated heterocycles. The Labute approximate surface area is 125 Å². The maximum atomic E-state index is 11.8. The number of anilines is 2. The number of aryl methyl sites for hydroxylation is 1. The zero-order valence-electron chi connectivity index (χ0n) is 10.5. The van der Waals surface area contributed by atoms with Crippen LogP contribution in [0.5, 0.6) is 0 Å². The van der Waals surface area contributed by atoms with Gasteiger partial charge in [-0.2, -0.15) is 0 Å². The molecule has 1 aromatic carbocycles. The number of nitrogen functional groups attached to an aromatic ring is 1. The fourth-order valence-electron chi connectivity index (χ4n) is 1.38. The highest BCUT2D eigenvalue weighted by atomic mass is 79.9. The molecular formula is C11H16BrClN4O2. The molecule has 106 valence electrons. The van der Waals surface area contributed by atoms with E-state index in [2.05, 4.69) is 26.6 Å². The van der Waals surface area contributed by atoms with E-state index in [-0.39, 0.29) is 12.4 Å². The monoisotopic (exact) mass is 350 g/mol. The summed E-state index contributed by atoms with van der Waals surface area (Å²) in [5, 5.41) is 4.92. The predicted octanol–water partition coefficient (Wildman–Crippen LogP) is 1.76. The van der Waals surface area contributed by atoms with Crippen LogP contribution in [-0.4, -0.2) is 18.0 Å². The summed E-state index contributed by atoms with van der Waals surface area (Å²) in [6.07, 6.45) is 0. The molecule has 0 aliphatic carbocycles. The first kappa shape index (κ1) is 17.5. The van der Waals surface area contributed by atoms with Crippen LogP contribution in [-0.2, 0) is 4.79 Å². The molecule has 6 N–H and O–H groups in total. The highest BCUT2D eigenvalue weighted by molar-refractivity contribution is 9.10. The molecule has 19 heavy (non-hydrogen) atoms. The molecule has 0 fully saturated rings. The Balaban J connectivity index is 0.00000324. The SMILES string of the molecule is Cc1cc(Br)cc(NC(=O)C(C)NC(N)=O)c1N.Cl. The van der Waals surface area contributed by atoms with Gasteiger partial charge in [0, 0.05) is 4.47 Å². The van der Waals surface area contributed by atoms with E-state index in [1.54, 1.807) is 6.07 Å². The van der Waals surface area contributed by atoms with Crippen LogP contribution in [0.3, 0.4) is 0 Å². The van der Waals surface area contributed by atoms with Gasteiger partial charge in [0.05, 0.1) is 11.4 Å². The van der Waals surface area contributed by atoms with E-state index in [1.807, 2.05) is 13.0 Å². The van der Waals surface area contributed by atoms with Gasteiger partial charge in [-0.1, -0.05) is 15.9 Å². The lowest BCUT2D eigenvalue weighted by Gasteiger charge is -2.15. The second-order valence-corrected chi connectivity index (χ2v) is 4.82. The maximum absolute atomic E-state index is 11.8. The summed E-state index contributed by atoms with van der Waals surface area (Å²) >= 11 is 3.32. The summed E-state index contributed by atoms with van der Waals surface area (Å²) < 4.78 is 0.806. The second-order valence-electron chi connectivity index (χ2n) is 3.90. The molecule has 0 saturated carbocycles. The molecule has 6 nitrogen and oxygen atoms in total. The Morgan fingerprint density at radius 1 is 1.37 bits per heavy atom. The van der Waals surface area contributed by atoms with Gasteiger partial charge in [-0.15, -0.1) is 12.4 Å². The number of carbonyl (C=O) groups is 2. The van der Waals surface area contributed by atoms with Gasteiger partial charge in [-0.3, -0.25) is 4.79 Å². The van der Waals surface area contributed by atoms with Gasteiger partial charge in [0.25, 0.3) is 0 Å². The zero-order valence-corrected chi connectivity index (χ0v) is 12.9. The van der Waals surface area contributed by atoms with Crippen molar-refractivity contribution in [1.29, 1.82) is 0 Å². The van der Waals surface area contributed by atoms with Crippen molar-refractivity contribution >= 4 is 51.7 Å². The summed E-state index contributed by atoms with van der Waals surface area (Å²) in [5.41, 5.74) is 12.6. The van der Waals surface area contributed by atoms with E-state index >= 15 is 0 Å². The molecule has 0 heterocycles. The van der Waals surface area contributed by atoms with Crippen molar-refractivity contribution in [1.82, 2.24) is 5.32 Å². The molecular weight excluding hydrogens is 336 g/mol. The summed E-state index contributed by atoms with van der Waals surface area (Å²) in [4.78, 5) is 22.4. The molecule has 3 amide bonds. The van der Waals surface area contributed by atoms with E-state index in [0.717, 1.165) is 10.0 Å². The Morgan fingerprint density at radius 2 is 1.95 bits per heavy atom. The lowest BCUT2D eigenvalue weighted by atomic mass is 10.1. The third kappa shape index (κ3) is 4.96. The van der Waals surface area contributed by atoms with E-state index in [4.69, 9.17) is 11.5 Å². The van der Waals surface area contributed by atoms with Crippen molar-refractivity contribution in [2.75, 3.05) is 11.1 Å². The molecule has 0 radical (unpaired) electrons. The fourth-order valence-corrected chi connectivity index (χ4v) is 1.95. The Hall–Kier alpha value is -1.47. The van der Waals surface area contributed by atoms with Gasteiger partial charge in [-0.25, -0.2) is 4.79 Å². The number of nitrogens with one attached hydrogen (secondary N) is 2. The maximum Gasteiger partial charge on any atom is 0.312 e. The highest BCUT2D eigenvalue weighted by Crippen LogP contribution is 2.27. The van der Waals surface area contributed by atoms with Crippen LogP contribution in [0.25, 0.3) is 0 Å². The minimum Gasteiger partial charge on any atom is -0.397 e. The quantitative estimate of drug-likeness (QED) is 0.623. The van der Waals surface area contributed by atoms with Gasteiger partial charge in [0.2, 0.25) is 5.91 Å². The number of urea groups is 1. The number of primary amides is 1. The summed E-state index contributed by atoms with van der Waals surface area (Å²) in [6.45, 7) is 3.36. The van der Waals surface area contributed by atoms with Crippen molar-refractivity contribution in [2.24, 2.45) is 5.73 Å². The lowest BCUT2D eigenvalue weighted by Crippen LogP contribution is -2.44. The van der Waals surface area contributed by atoms with Crippen molar-refractivity contribution in [3.8, 4) is 0 Å². The van der Waals surface area contributed by atoms with Crippen molar-refractivity contribution in [3.63, 3.8) is 0 Å². The van der Waals surface area contributed by atoms with E-state index in [1.165, 1.54) is 6.92 Å². The normalized spacial score (nSPS) is 11.1. The Bertz CT molecular complexity index is 496. The number of benzene rings is 1. The Morgan fingerprint density at radius 3 is 2.47 bits per heavy atom. The van der Waals surface area contributed by atoms with Gasteiger partial charge in [0.15, 0.2) is 0 Å². The zero-order chi connectivity index (χ0) is 13.9. The summed E-state index contributed by atoms with van der Waals surface area (Å²) in [7, 11) is 0. The van der Waals surface area contributed by atoms with Crippen molar-refractivity contribution < 1.29 is 9.59 Å². The predicted molar refractivity (Wildman–Crippen MR) is 81.4 cm³/mol. The number of nitrogens with two attached hydrogens (primary N) is 2. The molecule has 1 rings (SSSR count). The van der Waals surface area contributed by atoms with Crippen molar-refractivity contribution in [2.45, 2.75) is 19.9 Å². The molecule has 0 aliphatic heterocycles. The lowest BCUT2D eigenvalue weighted by molar-refractivity contribution is -0.117. The van der Waals surface area contributed by atoms with E-state index in [9.17, 15) is 9.59 Å². The number of hydrogen-bond acceptors (Lipinski definition) is 3. The largest absolute Gasteiger partial charge is 0.397 e. The molecule has 1 unspecified atom stereocenters. The van der Waals surface area contributed by atoms with Gasteiger partial charge in [0.1, 0.15) is 6.04 Å². The van der Waals surface area contributed by atoms with Crippen LogP contribution >= 0.6 is 28.3 Å². The second kappa shape index (κ2) is 7.20. The fraction of sp³-hybridized carbons (Fsp3) is 0.273. The minimum absolute atomic E-state index is 0. The van der Waals surface area contributed by atoms with Crippen LogP contribution in [0.15, 0.2) is 16.6 Å². The third-order valence-electron chi connectivity index (χ3n) is 2.36. The average Bonchev–Trinajstić information content (AvgIpc) is 2.24. The number of carbonyl (C=O) groups excluding carboxylic acids is 2. The van der Waals surface area contributed by atoms with Crippen LogP contribution in [0.1, 0.15) is 12.5 Å². The minimum atomic E-state index is -0.754. The van der Waals surface area contributed by atoms with Crippen LogP contribution in [0, 0.1) is 6.92 Å². The van der Waals surface area contributed by atoms with Gasteiger partial charge < -0.3 is 22.1 Å². The molecule has 0 aliphatic rings. The molecule has 1 atom stereocenters. The molecule has 0 aromatic heterocycles. The van der Waals surface area contributed by atoms with Crippen molar-refractivity contribution in [3.05, 3.63) is 22.2 Å². The first-order valence-electron chi connectivity index (χ1n) is 5.23. The topological polar surface area (TPSA) is 110 Å².